The van der Waals surface area contributed by atoms with E-state index in [-0.39, 0.29) is 24.0 Å². The molecule has 2 heterocycles. The van der Waals surface area contributed by atoms with Gasteiger partial charge in [-0.25, -0.2) is 0 Å². The molecule has 0 amide bonds. The van der Waals surface area contributed by atoms with E-state index in [1.807, 2.05) is 14.0 Å². The molecule has 3 unspecified atom stereocenters. The lowest BCUT2D eigenvalue weighted by Gasteiger charge is -2.33. The number of hydrogen-bond donors (Lipinski definition) is 2. The lowest BCUT2D eigenvalue weighted by molar-refractivity contribution is 0.244. The normalized spacial score (nSPS) is 26.2. The van der Waals surface area contributed by atoms with E-state index in [1.165, 1.54) is 32.1 Å². The first-order valence-corrected chi connectivity index (χ1v) is 9.92. The van der Waals surface area contributed by atoms with Gasteiger partial charge < -0.3 is 15.2 Å². The Balaban J connectivity index is 0.00000243. The molecule has 1 fully saturated rings. The van der Waals surface area contributed by atoms with E-state index < -0.39 is 0 Å². The minimum atomic E-state index is 0. The van der Waals surface area contributed by atoms with Crippen molar-refractivity contribution in [3.05, 3.63) is 11.6 Å². The number of aliphatic imine (C=N–C) groups is 1. The first-order valence-electron chi connectivity index (χ1n) is 9.92. The van der Waals surface area contributed by atoms with Gasteiger partial charge in [-0.2, -0.15) is 0 Å². The van der Waals surface area contributed by atoms with Crippen LogP contribution in [0.2, 0.25) is 0 Å². The second-order valence-electron chi connectivity index (χ2n) is 8.14. The summed E-state index contributed by atoms with van der Waals surface area (Å²) in [4.78, 5) is 4.45. The van der Waals surface area contributed by atoms with Crippen molar-refractivity contribution in [2.45, 2.75) is 71.9 Å². The van der Waals surface area contributed by atoms with Crippen LogP contribution in [0.5, 0.6) is 0 Å². The molecule has 2 aliphatic rings. The average molecular weight is 474 g/mol. The minimum absolute atomic E-state index is 0. The van der Waals surface area contributed by atoms with Gasteiger partial charge in [0.05, 0.1) is 0 Å². The number of hydrogen-bond acceptors (Lipinski definition) is 3. The Morgan fingerprint density at radius 3 is 2.81 bits per heavy atom. The molecule has 1 aromatic rings. The first-order chi connectivity index (χ1) is 12.1. The molecule has 6 nitrogen and oxygen atoms in total. The molecule has 148 valence electrons. The summed E-state index contributed by atoms with van der Waals surface area (Å²) < 4.78 is 2.26. The molecule has 1 aliphatic heterocycles. The second-order valence-corrected chi connectivity index (χ2v) is 8.14. The molecule has 0 radical (unpaired) electrons. The zero-order valence-corrected chi connectivity index (χ0v) is 19.0. The summed E-state index contributed by atoms with van der Waals surface area (Å²) in [7, 11) is 1.88. The Labute approximate surface area is 175 Å². The van der Waals surface area contributed by atoms with Crippen LogP contribution in [0.4, 0.5) is 0 Å². The zero-order valence-electron chi connectivity index (χ0n) is 16.7. The highest BCUT2D eigenvalue weighted by Gasteiger charge is 2.25. The van der Waals surface area contributed by atoms with E-state index in [0.717, 1.165) is 49.0 Å². The number of fused-ring (bicyclic) bond motifs is 1. The summed E-state index contributed by atoms with van der Waals surface area (Å²) in [5.74, 6) is 5.36. The minimum Gasteiger partial charge on any atom is -0.356 e. The van der Waals surface area contributed by atoms with Crippen molar-refractivity contribution in [3.63, 3.8) is 0 Å². The third kappa shape index (κ3) is 5.33. The van der Waals surface area contributed by atoms with Crippen molar-refractivity contribution < 1.29 is 0 Å². The molecule has 0 spiro atoms. The third-order valence-corrected chi connectivity index (χ3v) is 6.01. The Morgan fingerprint density at radius 2 is 2.08 bits per heavy atom. The van der Waals surface area contributed by atoms with Crippen molar-refractivity contribution in [2.24, 2.45) is 22.7 Å². The topological polar surface area (TPSA) is 67.1 Å². The summed E-state index contributed by atoms with van der Waals surface area (Å²) in [5.41, 5.74) is 0. The highest BCUT2D eigenvalue weighted by atomic mass is 127. The molecule has 7 heteroatoms. The number of rotatable bonds is 4. The number of halogens is 1. The number of guanidine groups is 1. The molecule has 0 bridgehead atoms. The fourth-order valence-electron chi connectivity index (χ4n) is 4.29. The SMILES string of the molecule is CN=C(NCC1CCc2nnc(C)n2C1)NC1CCCC(C(C)C)C1.I. The highest BCUT2D eigenvalue weighted by molar-refractivity contribution is 14.0. The summed E-state index contributed by atoms with van der Waals surface area (Å²) in [6, 6.07) is 0.561. The van der Waals surface area contributed by atoms with Gasteiger partial charge in [0, 0.05) is 32.6 Å². The van der Waals surface area contributed by atoms with Crippen LogP contribution in [0.1, 0.15) is 57.6 Å². The van der Waals surface area contributed by atoms with Crippen molar-refractivity contribution in [1.29, 1.82) is 0 Å². The molecule has 1 aromatic heterocycles. The summed E-state index contributed by atoms with van der Waals surface area (Å²) in [6.07, 6.45) is 7.43. The molecule has 1 saturated carbocycles. The van der Waals surface area contributed by atoms with Gasteiger partial charge in [-0.15, -0.1) is 34.2 Å². The molecule has 0 saturated heterocycles. The van der Waals surface area contributed by atoms with Gasteiger partial charge in [0.1, 0.15) is 11.6 Å². The standard InChI is InChI=1S/C19H34N6.HI/c1-13(2)16-6-5-7-17(10-16)22-19(20-4)21-11-15-8-9-18-24-23-14(3)25(18)12-15;/h13,15-17H,5-12H2,1-4H3,(H2,20,21,22);1H. The van der Waals surface area contributed by atoms with Crippen LogP contribution in [0.15, 0.2) is 4.99 Å². The van der Waals surface area contributed by atoms with Crippen LogP contribution in [0.25, 0.3) is 0 Å². The van der Waals surface area contributed by atoms with Crippen LogP contribution in [0, 0.1) is 24.7 Å². The number of nitrogens with zero attached hydrogens (tertiary/aromatic N) is 4. The van der Waals surface area contributed by atoms with Gasteiger partial charge in [0.25, 0.3) is 0 Å². The van der Waals surface area contributed by atoms with Gasteiger partial charge in [0.2, 0.25) is 0 Å². The van der Waals surface area contributed by atoms with Crippen molar-refractivity contribution in [2.75, 3.05) is 13.6 Å². The monoisotopic (exact) mass is 474 g/mol. The number of aromatic nitrogens is 3. The Bertz CT molecular complexity index is 597. The molecule has 1 aliphatic carbocycles. The first kappa shape index (κ1) is 21.4. The molecule has 3 atom stereocenters. The molecule has 2 N–H and O–H groups in total. The fourth-order valence-corrected chi connectivity index (χ4v) is 4.29. The number of aryl methyl sites for hydroxylation is 2. The van der Waals surface area contributed by atoms with Crippen LogP contribution >= 0.6 is 24.0 Å². The molecular formula is C19H35IN6. The molecule has 0 aromatic carbocycles. The van der Waals surface area contributed by atoms with E-state index in [9.17, 15) is 0 Å². The van der Waals surface area contributed by atoms with Crippen molar-refractivity contribution >= 4 is 29.9 Å². The van der Waals surface area contributed by atoms with Crippen LogP contribution in [-0.4, -0.2) is 40.4 Å². The second kappa shape index (κ2) is 9.90. The Kier molecular flexibility index (Phi) is 8.16. The van der Waals surface area contributed by atoms with Gasteiger partial charge in [-0.1, -0.05) is 26.7 Å². The van der Waals surface area contributed by atoms with Gasteiger partial charge in [-0.3, -0.25) is 4.99 Å². The quantitative estimate of drug-likeness (QED) is 0.400. The zero-order chi connectivity index (χ0) is 17.8. The Morgan fingerprint density at radius 1 is 1.27 bits per heavy atom. The summed E-state index contributed by atoms with van der Waals surface area (Å²) in [6.45, 7) is 8.71. The van der Waals surface area contributed by atoms with Crippen LogP contribution < -0.4 is 10.6 Å². The highest BCUT2D eigenvalue weighted by Crippen LogP contribution is 2.29. The maximum atomic E-state index is 4.45. The predicted octanol–water partition coefficient (Wildman–Crippen LogP) is 3.15. The fraction of sp³-hybridized carbons (Fsp3) is 0.842. The lowest BCUT2D eigenvalue weighted by atomic mass is 9.79. The smallest absolute Gasteiger partial charge is 0.191 e. The van der Waals surface area contributed by atoms with E-state index in [0.29, 0.717) is 12.0 Å². The summed E-state index contributed by atoms with van der Waals surface area (Å²) >= 11 is 0. The number of nitrogens with one attached hydrogen (secondary N) is 2. The summed E-state index contributed by atoms with van der Waals surface area (Å²) in [5, 5.41) is 15.7. The third-order valence-electron chi connectivity index (χ3n) is 6.01. The van der Waals surface area contributed by atoms with Crippen LogP contribution in [-0.2, 0) is 13.0 Å². The maximum Gasteiger partial charge on any atom is 0.191 e. The van der Waals surface area contributed by atoms with E-state index >= 15 is 0 Å². The lowest BCUT2D eigenvalue weighted by Crippen LogP contribution is -2.47. The van der Waals surface area contributed by atoms with Gasteiger partial charge in [0.15, 0.2) is 5.96 Å². The van der Waals surface area contributed by atoms with Gasteiger partial charge >= 0.3 is 0 Å². The predicted molar refractivity (Wildman–Crippen MR) is 117 cm³/mol. The average Bonchev–Trinajstić information content (AvgIpc) is 2.99. The van der Waals surface area contributed by atoms with Crippen LogP contribution in [0.3, 0.4) is 0 Å². The molecular weight excluding hydrogens is 439 g/mol. The maximum absolute atomic E-state index is 4.45. The van der Waals surface area contributed by atoms with E-state index in [2.05, 4.69) is 44.2 Å². The van der Waals surface area contributed by atoms with E-state index in [1.54, 1.807) is 0 Å². The molecule has 26 heavy (non-hydrogen) atoms. The Hall–Kier alpha value is -0.860. The van der Waals surface area contributed by atoms with E-state index in [4.69, 9.17) is 0 Å². The van der Waals surface area contributed by atoms with Crippen molar-refractivity contribution in [3.8, 4) is 0 Å². The van der Waals surface area contributed by atoms with Gasteiger partial charge in [-0.05, 0) is 43.9 Å². The molecule has 3 rings (SSSR count). The van der Waals surface area contributed by atoms with Crippen molar-refractivity contribution in [1.82, 2.24) is 25.4 Å². The largest absolute Gasteiger partial charge is 0.356 e.